The van der Waals surface area contributed by atoms with Crippen molar-refractivity contribution in [3.8, 4) is 0 Å². The van der Waals surface area contributed by atoms with E-state index in [1.54, 1.807) is 0 Å². The summed E-state index contributed by atoms with van der Waals surface area (Å²) in [6.07, 6.45) is 1.59. The van der Waals surface area contributed by atoms with Gasteiger partial charge in [0.25, 0.3) is 0 Å². The van der Waals surface area contributed by atoms with Gasteiger partial charge < -0.3 is 9.47 Å². The van der Waals surface area contributed by atoms with E-state index in [4.69, 9.17) is 9.47 Å². The lowest BCUT2D eigenvalue weighted by Gasteiger charge is -2.32. The van der Waals surface area contributed by atoms with Crippen molar-refractivity contribution in [2.45, 2.75) is 64.0 Å². The van der Waals surface area contributed by atoms with E-state index in [0.29, 0.717) is 19.1 Å². The molecule has 0 aliphatic carbocycles. The Labute approximate surface area is 148 Å². The number of nitrogens with one attached hydrogen (secondary N) is 1. The number of ether oxygens (including phenoxy) is 2. The van der Waals surface area contributed by atoms with Crippen LogP contribution in [0.2, 0.25) is 0 Å². The van der Waals surface area contributed by atoms with Crippen LogP contribution in [0.15, 0.2) is 30.3 Å². The Morgan fingerprint density at radius 3 is 2.25 bits per heavy atom. The third-order valence-electron chi connectivity index (χ3n) is 4.37. The van der Waals surface area contributed by atoms with Crippen LogP contribution in [0.1, 0.15) is 53.0 Å². The highest BCUT2D eigenvalue weighted by atomic mass is 32.2. The van der Waals surface area contributed by atoms with Gasteiger partial charge in [0, 0.05) is 18.0 Å². The fourth-order valence-corrected chi connectivity index (χ4v) is 3.81. The second kappa shape index (κ2) is 8.09. The van der Waals surface area contributed by atoms with Crippen LogP contribution < -0.4 is 4.72 Å². The summed E-state index contributed by atoms with van der Waals surface area (Å²) in [5.41, 5.74) is 1.06. The van der Waals surface area contributed by atoms with Crippen molar-refractivity contribution in [1.29, 1.82) is 0 Å². The maximum Gasteiger partial charge on any atom is 0.195 e. The molecule has 0 unspecified atom stereocenters. The standard InChI is InChI=1S/C19H31NO3S/c1-15(2)17(20-24(21)18(3,4)5)11-12-19(22-13-14-23-19)16-9-7-6-8-10-16/h6-10,15,17,20H,11-14H2,1-5H3/t17-,24-/m0/s1. The zero-order chi connectivity index (χ0) is 17.8. The molecule has 1 saturated heterocycles. The van der Waals surface area contributed by atoms with Crippen LogP contribution in [-0.2, 0) is 26.2 Å². The lowest BCUT2D eigenvalue weighted by Crippen LogP contribution is -2.43. The van der Waals surface area contributed by atoms with E-state index in [1.165, 1.54) is 0 Å². The van der Waals surface area contributed by atoms with Crippen LogP contribution in [0.3, 0.4) is 0 Å². The van der Waals surface area contributed by atoms with Crippen molar-refractivity contribution in [1.82, 2.24) is 4.72 Å². The van der Waals surface area contributed by atoms with E-state index in [0.717, 1.165) is 18.4 Å². The summed E-state index contributed by atoms with van der Waals surface area (Å²) < 4.78 is 27.5. The van der Waals surface area contributed by atoms with Crippen molar-refractivity contribution in [2.75, 3.05) is 13.2 Å². The molecule has 1 fully saturated rings. The summed E-state index contributed by atoms with van der Waals surface area (Å²) >= 11 is 0. The molecular formula is C19H31NO3S. The summed E-state index contributed by atoms with van der Waals surface area (Å²) in [4.78, 5) is 0. The third kappa shape index (κ3) is 4.88. The normalized spacial score (nSPS) is 20.2. The van der Waals surface area contributed by atoms with Gasteiger partial charge in [0.05, 0.1) is 28.9 Å². The molecule has 1 aliphatic rings. The van der Waals surface area contributed by atoms with Gasteiger partial charge in [-0.3, -0.25) is 0 Å². The molecule has 0 bridgehead atoms. The Morgan fingerprint density at radius 1 is 1.17 bits per heavy atom. The first-order valence-electron chi connectivity index (χ1n) is 8.76. The molecule has 0 saturated carbocycles. The van der Waals surface area contributed by atoms with E-state index in [2.05, 4.69) is 30.7 Å². The van der Waals surface area contributed by atoms with E-state index in [9.17, 15) is 4.21 Å². The molecule has 2 atom stereocenters. The zero-order valence-corrected chi connectivity index (χ0v) is 16.3. The Kier molecular flexibility index (Phi) is 6.59. The average molecular weight is 354 g/mol. The van der Waals surface area contributed by atoms with Crippen molar-refractivity contribution in [3.05, 3.63) is 35.9 Å². The summed E-state index contributed by atoms with van der Waals surface area (Å²) in [5, 5.41) is 0. The van der Waals surface area contributed by atoms with Crippen molar-refractivity contribution < 1.29 is 13.7 Å². The molecular weight excluding hydrogens is 322 g/mol. The highest BCUT2D eigenvalue weighted by Gasteiger charge is 2.39. The van der Waals surface area contributed by atoms with Gasteiger partial charge in [0.2, 0.25) is 0 Å². The molecule has 4 nitrogen and oxygen atoms in total. The summed E-state index contributed by atoms with van der Waals surface area (Å²) in [6.45, 7) is 11.5. The van der Waals surface area contributed by atoms with Crippen LogP contribution in [0.4, 0.5) is 0 Å². The minimum absolute atomic E-state index is 0.151. The number of benzene rings is 1. The van der Waals surface area contributed by atoms with Gasteiger partial charge in [-0.1, -0.05) is 44.2 Å². The first-order chi connectivity index (χ1) is 11.2. The van der Waals surface area contributed by atoms with Crippen LogP contribution in [0, 0.1) is 5.92 Å². The zero-order valence-electron chi connectivity index (χ0n) is 15.5. The molecule has 1 heterocycles. The molecule has 1 aromatic carbocycles. The molecule has 0 aromatic heterocycles. The lowest BCUT2D eigenvalue weighted by molar-refractivity contribution is -0.172. The summed E-state index contributed by atoms with van der Waals surface area (Å²) in [5.74, 6) is -0.287. The van der Waals surface area contributed by atoms with Gasteiger partial charge >= 0.3 is 0 Å². The third-order valence-corrected chi connectivity index (χ3v) is 6.00. The monoisotopic (exact) mass is 353 g/mol. The van der Waals surface area contributed by atoms with Gasteiger partial charge in [0.1, 0.15) is 0 Å². The number of rotatable bonds is 7. The van der Waals surface area contributed by atoms with Gasteiger partial charge in [-0.25, -0.2) is 8.93 Å². The van der Waals surface area contributed by atoms with E-state index in [1.807, 2.05) is 39.0 Å². The Bertz CT molecular complexity index is 533. The highest BCUT2D eigenvalue weighted by molar-refractivity contribution is 7.84. The van der Waals surface area contributed by atoms with Crippen LogP contribution in [0.5, 0.6) is 0 Å². The molecule has 1 aliphatic heterocycles. The van der Waals surface area contributed by atoms with Crippen LogP contribution in [0.25, 0.3) is 0 Å². The molecule has 1 aromatic rings. The largest absolute Gasteiger partial charge is 0.343 e. The van der Waals surface area contributed by atoms with Crippen molar-refractivity contribution in [3.63, 3.8) is 0 Å². The van der Waals surface area contributed by atoms with Crippen molar-refractivity contribution >= 4 is 11.0 Å². The topological polar surface area (TPSA) is 47.6 Å². The Morgan fingerprint density at radius 2 is 1.75 bits per heavy atom. The van der Waals surface area contributed by atoms with E-state index < -0.39 is 16.8 Å². The van der Waals surface area contributed by atoms with Crippen molar-refractivity contribution in [2.24, 2.45) is 5.92 Å². The number of hydrogen-bond acceptors (Lipinski definition) is 3. The predicted octanol–water partition coefficient (Wildman–Crippen LogP) is 3.74. The molecule has 136 valence electrons. The van der Waals surface area contributed by atoms with E-state index in [-0.39, 0.29) is 10.8 Å². The molecule has 0 radical (unpaired) electrons. The lowest BCUT2D eigenvalue weighted by atomic mass is 9.94. The summed E-state index contributed by atoms with van der Waals surface area (Å²) in [7, 11) is -1.08. The quantitative estimate of drug-likeness (QED) is 0.812. The van der Waals surface area contributed by atoms with Gasteiger partial charge in [0.15, 0.2) is 5.79 Å². The maximum atomic E-state index is 12.5. The van der Waals surface area contributed by atoms with Crippen LogP contribution >= 0.6 is 0 Å². The van der Waals surface area contributed by atoms with Crippen LogP contribution in [-0.4, -0.2) is 28.2 Å². The molecule has 2 rings (SSSR count). The predicted molar refractivity (Wildman–Crippen MR) is 98.9 cm³/mol. The smallest absolute Gasteiger partial charge is 0.195 e. The average Bonchev–Trinajstić information content (AvgIpc) is 3.01. The molecule has 0 amide bonds. The number of hydrogen-bond donors (Lipinski definition) is 1. The fourth-order valence-electron chi connectivity index (χ4n) is 2.79. The Balaban J connectivity index is 2.08. The maximum absolute atomic E-state index is 12.5. The second-order valence-electron chi connectivity index (χ2n) is 7.70. The first-order valence-corrected chi connectivity index (χ1v) is 9.91. The van der Waals surface area contributed by atoms with Gasteiger partial charge in [-0.05, 0) is 33.1 Å². The molecule has 0 spiro atoms. The minimum Gasteiger partial charge on any atom is -0.343 e. The molecule has 5 heteroatoms. The second-order valence-corrected chi connectivity index (χ2v) is 9.70. The molecule has 24 heavy (non-hydrogen) atoms. The van der Waals surface area contributed by atoms with E-state index >= 15 is 0 Å². The summed E-state index contributed by atoms with van der Waals surface area (Å²) in [6, 6.07) is 10.3. The minimum atomic E-state index is -1.08. The highest BCUT2D eigenvalue weighted by Crippen LogP contribution is 2.36. The SMILES string of the molecule is CC(C)[C@H](CCC1(c2ccccc2)OCCO1)N[S@@](=O)C(C)(C)C. The fraction of sp³-hybridized carbons (Fsp3) is 0.684. The Hall–Kier alpha value is -0.750. The van der Waals surface area contributed by atoms with Gasteiger partial charge in [-0.2, -0.15) is 0 Å². The van der Waals surface area contributed by atoms with Gasteiger partial charge in [-0.15, -0.1) is 0 Å². The first kappa shape index (κ1) is 19.6. The molecule has 1 N–H and O–H groups in total.